The molecule has 0 aromatic rings. The maximum Gasteiger partial charge on any atom is 0.151 e. The van der Waals surface area contributed by atoms with E-state index < -0.39 is 0 Å². The highest BCUT2D eigenvalue weighted by molar-refractivity contribution is 4.93. The SMILES string of the molecule is [O]C1=CCCCC1. The Bertz CT molecular complexity index is 84.2. The fourth-order valence-electron chi connectivity index (χ4n) is 0.809. The van der Waals surface area contributed by atoms with Gasteiger partial charge in [-0.25, -0.2) is 0 Å². The van der Waals surface area contributed by atoms with Crippen LogP contribution in [-0.4, -0.2) is 0 Å². The van der Waals surface area contributed by atoms with E-state index in [2.05, 4.69) is 0 Å². The molecule has 0 atom stereocenters. The van der Waals surface area contributed by atoms with Crippen molar-refractivity contribution in [2.75, 3.05) is 0 Å². The standard InChI is InChI=1S/C6H9O/c7-6-4-2-1-3-5-6/h4H,1-3,5H2. The number of rotatable bonds is 0. The Morgan fingerprint density at radius 1 is 1.43 bits per heavy atom. The summed E-state index contributed by atoms with van der Waals surface area (Å²) < 4.78 is 0. The van der Waals surface area contributed by atoms with Gasteiger partial charge in [-0.05, 0) is 25.3 Å². The Morgan fingerprint density at radius 3 is 2.57 bits per heavy atom. The second-order valence-corrected chi connectivity index (χ2v) is 1.92. The second-order valence-electron chi connectivity index (χ2n) is 1.92. The van der Waals surface area contributed by atoms with Crippen molar-refractivity contribution in [1.29, 1.82) is 0 Å². The molecule has 1 radical (unpaired) electrons. The van der Waals surface area contributed by atoms with Gasteiger partial charge < -0.3 is 0 Å². The van der Waals surface area contributed by atoms with Gasteiger partial charge in [-0.1, -0.05) is 0 Å². The average molecular weight is 97.1 g/mol. The van der Waals surface area contributed by atoms with Crippen molar-refractivity contribution in [1.82, 2.24) is 0 Å². The third-order valence-corrected chi connectivity index (χ3v) is 1.25. The molecule has 0 aliphatic heterocycles. The first-order valence-corrected chi connectivity index (χ1v) is 2.75. The molecule has 0 heterocycles. The monoisotopic (exact) mass is 97.1 g/mol. The van der Waals surface area contributed by atoms with Crippen LogP contribution in [0.3, 0.4) is 0 Å². The Hall–Kier alpha value is -0.460. The molecule has 0 fully saturated rings. The molecule has 0 aromatic heterocycles. The number of allylic oxidation sites excluding steroid dienone is 2. The van der Waals surface area contributed by atoms with Crippen molar-refractivity contribution in [3.8, 4) is 0 Å². The molecule has 0 saturated heterocycles. The van der Waals surface area contributed by atoms with Crippen LogP contribution in [0.1, 0.15) is 25.7 Å². The van der Waals surface area contributed by atoms with Crippen molar-refractivity contribution >= 4 is 0 Å². The molecule has 0 N–H and O–H groups in total. The van der Waals surface area contributed by atoms with Gasteiger partial charge in [0.2, 0.25) is 0 Å². The maximum atomic E-state index is 10.4. The highest BCUT2D eigenvalue weighted by Gasteiger charge is 2.00. The number of hydrogen-bond acceptors (Lipinski definition) is 0. The van der Waals surface area contributed by atoms with Gasteiger partial charge >= 0.3 is 0 Å². The van der Waals surface area contributed by atoms with E-state index in [9.17, 15) is 5.11 Å². The minimum Gasteiger partial charge on any atom is -0.295 e. The van der Waals surface area contributed by atoms with Crippen LogP contribution >= 0.6 is 0 Å². The minimum absolute atomic E-state index is 0.339. The largest absolute Gasteiger partial charge is 0.295 e. The highest BCUT2D eigenvalue weighted by atomic mass is 16.3. The molecule has 0 spiro atoms. The Balaban J connectivity index is 2.40. The van der Waals surface area contributed by atoms with Crippen LogP contribution in [0.4, 0.5) is 0 Å². The van der Waals surface area contributed by atoms with Crippen molar-refractivity contribution in [3.63, 3.8) is 0 Å². The second kappa shape index (κ2) is 2.01. The third-order valence-electron chi connectivity index (χ3n) is 1.25. The van der Waals surface area contributed by atoms with E-state index in [1.165, 1.54) is 6.42 Å². The molecule has 1 aliphatic carbocycles. The van der Waals surface area contributed by atoms with Crippen molar-refractivity contribution in [2.24, 2.45) is 0 Å². The molecule has 1 rings (SSSR count). The smallest absolute Gasteiger partial charge is 0.151 e. The quantitative estimate of drug-likeness (QED) is 0.439. The minimum atomic E-state index is 0.339. The van der Waals surface area contributed by atoms with Gasteiger partial charge in [0, 0.05) is 6.42 Å². The van der Waals surface area contributed by atoms with E-state index in [1.54, 1.807) is 6.08 Å². The zero-order valence-corrected chi connectivity index (χ0v) is 4.31. The molecule has 1 nitrogen and oxygen atoms in total. The lowest BCUT2D eigenvalue weighted by molar-refractivity contribution is 0.269. The van der Waals surface area contributed by atoms with E-state index in [0.717, 1.165) is 19.3 Å². The van der Waals surface area contributed by atoms with Crippen LogP contribution in [0.2, 0.25) is 0 Å². The lowest BCUT2D eigenvalue weighted by atomic mass is 10.1. The Morgan fingerprint density at radius 2 is 2.29 bits per heavy atom. The van der Waals surface area contributed by atoms with Gasteiger partial charge in [-0.2, -0.15) is 0 Å². The zero-order valence-electron chi connectivity index (χ0n) is 4.31. The summed E-state index contributed by atoms with van der Waals surface area (Å²) >= 11 is 0. The summed E-state index contributed by atoms with van der Waals surface area (Å²) in [5, 5.41) is 10.4. The molecule has 0 saturated carbocycles. The zero-order chi connectivity index (χ0) is 5.11. The summed E-state index contributed by atoms with van der Waals surface area (Å²) in [5.41, 5.74) is 0. The number of hydrogen-bond donors (Lipinski definition) is 0. The van der Waals surface area contributed by atoms with Gasteiger partial charge in [0.1, 0.15) is 0 Å². The van der Waals surface area contributed by atoms with E-state index in [-0.39, 0.29) is 0 Å². The van der Waals surface area contributed by atoms with Crippen LogP contribution in [0.5, 0.6) is 0 Å². The summed E-state index contributed by atoms with van der Waals surface area (Å²) in [4.78, 5) is 0. The molecule has 0 bridgehead atoms. The maximum absolute atomic E-state index is 10.4. The van der Waals surface area contributed by atoms with Crippen molar-refractivity contribution in [3.05, 3.63) is 11.8 Å². The van der Waals surface area contributed by atoms with Crippen LogP contribution < -0.4 is 0 Å². The summed E-state index contributed by atoms with van der Waals surface area (Å²) in [6, 6.07) is 0. The molecule has 39 valence electrons. The first kappa shape index (κ1) is 4.69. The van der Waals surface area contributed by atoms with E-state index in [4.69, 9.17) is 0 Å². The predicted octanol–water partition coefficient (Wildman–Crippen LogP) is 1.87. The first-order chi connectivity index (χ1) is 3.39. The molecule has 0 aromatic carbocycles. The fraction of sp³-hybridized carbons (Fsp3) is 0.667. The lowest BCUT2D eigenvalue weighted by Gasteiger charge is -2.01. The summed E-state index contributed by atoms with van der Waals surface area (Å²) in [6.07, 6.45) is 5.92. The van der Waals surface area contributed by atoms with Crippen LogP contribution in [0, 0.1) is 0 Å². The Labute approximate surface area is 43.7 Å². The first-order valence-electron chi connectivity index (χ1n) is 2.75. The highest BCUT2D eigenvalue weighted by Crippen LogP contribution is 2.14. The Kier molecular flexibility index (Phi) is 1.35. The molecular formula is C6H9O. The van der Waals surface area contributed by atoms with Crippen molar-refractivity contribution < 1.29 is 5.11 Å². The summed E-state index contributed by atoms with van der Waals surface area (Å²) in [6.45, 7) is 0. The van der Waals surface area contributed by atoms with E-state index in [0.29, 0.717) is 5.76 Å². The predicted molar refractivity (Wildman–Crippen MR) is 27.2 cm³/mol. The van der Waals surface area contributed by atoms with Gasteiger partial charge in [0.05, 0.1) is 0 Å². The topological polar surface area (TPSA) is 19.9 Å². The van der Waals surface area contributed by atoms with Crippen LogP contribution in [0.15, 0.2) is 11.8 Å². The lowest BCUT2D eigenvalue weighted by Crippen LogP contribution is -1.86. The van der Waals surface area contributed by atoms with Crippen LogP contribution in [-0.2, 0) is 5.11 Å². The fourth-order valence-corrected chi connectivity index (χ4v) is 0.809. The van der Waals surface area contributed by atoms with Gasteiger partial charge in [-0.3, -0.25) is 5.11 Å². The van der Waals surface area contributed by atoms with E-state index in [1.807, 2.05) is 0 Å². The molecule has 1 aliphatic rings. The third kappa shape index (κ3) is 1.22. The van der Waals surface area contributed by atoms with E-state index >= 15 is 0 Å². The summed E-state index contributed by atoms with van der Waals surface area (Å²) in [7, 11) is 0. The van der Waals surface area contributed by atoms with Crippen LogP contribution in [0.25, 0.3) is 0 Å². The normalized spacial score (nSPS) is 21.4. The van der Waals surface area contributed by atoms with Gasteiger partial charge in [0.25, 0.3) is 0 Å². The van der Waals surface area contributed by atoms with Gasteiger partial charge in [0.15, 0.2) is 5.76 Å². The molecule has 7 heavy (non-hydrogen) atoms. The average Bonchev–Trinajstić information content (AvgIpc) is 1.69. The van der Waals surface area contributed by atoms with Gasteiger partial charge in [-0.15, -0.1) is 0 Å². The molecule has 0 amide bonds. The molecular weight excluding hydrogens is 88.1 g/mol. The van der Waals surface area contributed by atoms with Crippen molar-refractivity contribution in [2.45, 2.75) is 25.7 Å². The summed E-state index contributed by atoms with van der Waals surface area (Å²) in [5.74, 6) is 0.339. The molecule has 0 unspecified atom stereocenters. The molecule has 1 heteroatoms.